The highest BCUT2D eigenvalue weighted by atomic mass is 16.5. The van der Waals surface area contributed by atoms with E-state index in [2.05, 4.69) is 6.92 Å². The molecule has 0 aromatic carbocycles. The fourth-order valence-electron chi connectivity index (χ4n) is 2.50. The summed E-state index contributed by atoms with van der Waals surface area (Å²) in [5, 5.41) is 0. The van der Waals surface area contributed by atoms with Crippen LogP contribution in [0.4, 0.5) is 0 Å². The van der Waals surface area contributed by atoms with Gasteiger partial charge in [0.05, 0.1) is 6.10 Å². The Bertz CT molecular complexity index is 142. The van der Waals surface area contributed by atoms with Crippen molar-refractivity contribution in [3.05, 3.63) is 0 Å². The van der Waals surface area contributed by atoms with E-state index in [1.807, 2.05) is 7.11 Å². The van der Waals surface area contributed by atoms with Gasteiger partial charge in [0, 0.05) is 7.11 Å². The molecule has 0 saturated heterocycles. The van der Waals surface area contributed by atoms with Crippen LogP contribution in [-0.2, 0) is 4.74 Å². The second-order valence-corrected chi connectivity index (χ2v) is 4.13. The third kappa shape index (κ3) is 0.800. The molecule has 3 atom stereocenters. The van der Waals surface area contributed by atoms with Crippen molar-refractivity contribution in [2.75, 3.05) is 7.11 Å². The van der Waals surface area contributed by atoms with Crippen LogP contribution in [-0.4, -0.2) is 13.2 Å². The van der Waals surface area contributed by atoms with Crippen LogP contribution in [0.1, 0.15) is 32.6 Å². The largest absolute Gasteiger partial charge is 0.381 e. The Hall–Kier alpha value is -0.0400. The Balaban J connectivity index is 2.02. The predicted octanol–water partition coefficient (Wildman–Crippen LogP) is 2.21. The third-order valence-electron chi connectivity index (χ3n) is 3.41. The standard InChI is InChI=1S/C9H16O/c1-9-5-3-4-8(10-2)7(9)6-9/h7-8H,3-6H2,1-2H3/t7?,8-,9?/m1/s1. The van der Waals surface area contributed by atoms with Gasteiger partial charge in [0.25, 0.3) is 0 Å². The van der Waals surface area contributed by atoms with Crippen LogP contribution in [0.25, 0.3) is 0 Å². The van der Waals surface area contributed by atoms with Crippen LogP contribution in [0.3, 0.4) is 0 Å². The van der Waals surface area contributed by atoms with Crippen molar-refractivity contribution in [2.24, 2.45) is 11.3 Å². The Morgan fingerprint density at radius 3 is 2.90 bits per heavy atom. The average molecular weight is 140 g/mol. The Morgan fingerprint density at radius 2 is 2.30 bits per heavy atom. The van der Waals surface area contributed by atoms with Crippen LogP contribution in [0, 0.1) is 11.3 Å². The van der Waals surface area contributed by atoms with E-state index >= 15 is 0 Å². The number of hydrogen-bond donors (Lipinski definition) is 0. The van der Waals surface area contributed by atoms with E-state index in [-0.39, 0.29) is 0 Å². The summed E-state index contributed by atoms with van der Waals surface area (Å²) in [6.45, 7) is 2.41. The minimum absolute atomic E-state index is 0.596. The number of rotatable bonds is 1. The molecule has 0 aromatic heterocycles. The van der Waals surface area contributed by atoms with Crippen molar-refractivity contribution in [1.29, 1.82) is 0 Å². The fourth-order valence-corrected chi connectivity index (χ4v) is 2.50. The molecule has 0 spiro atoms. The molecular weight excluding hydrogens is 124 g/mol. The SMILES string of the molecule is CO[C@@H]1CCCC2(C)CC12. The molecule has 0 heterocycles. The maximum atomic E-state index is 5.41. The van der Waals surface area contributed by atoms with Crippen molar-refractivity contribution in [3.63, 3.8) is 0 Å². The molecule has 2 unspecified atom stereocenters. The van der Waals surface area contributed by atoms with Gasteiger partial charge in [-0.1, -0.05) is 13.3 Å². The zero-order chi connectivity index (χ0) is 7.19. The van der Waals surface area contributed by atoms with Crippen LogP contribution in [0.2, 0.25) is 0 Å². The predicted molar refractivity (Wildman–Crippen MR) is 40.9 cm³/mol. The topological polar surface area (TPSA) is 9.23 Å². The monoisotopic (exact) mass is 140 g/mol. The van der Waals surface area contributed by atoms with Gasteiger partial charge >= 0.3 is 0 Å². The lowest BCUT2D eigenvalue weighted by molar-refractivity contribution is 0.0466. The Morgan fingerprint density at radius 1 is 1.50 bits per heavy atom. The normalized spacial score (nSPS) is 52.2. The number of ether oxygens (including phenoxy) is 1. The zero-order valence-corrected chi connectivity index (χ0v) is 6.89. The van der Waals surface area contributed by atoms with E-state index in [0.29, 0.717) is 11.5 Å². The molecule has 2 saturated carbocycles. The summed E-state index contributed by atoms with van der Waals surface area (Å²) in [5.74, 6) is 0.909. The molecule has 0 bridgehead atoms. The first kappa shape index (κ1) is 6.66. The van der Waals surface area contributed by atoms with Gasteiger partial charge in [-0.15, -0.1) is 0 Å². The average Bonchev–Trinajstić information content (AvgIpc) is 2.59. The summed E-state index contributed by atoms with van der Waals surface area (Å²) in [5.41, 5.74) is 0.693. The maximum Gasteiger partial charge on any atom is 0.0604 e. The summed E-state index contributed by atoms with van der Waals surface area (Å²) in [4.78, 5) is 0. The molecule has 10 heavy (non-hydrogen) atoms. The molecule has 0 aliphatic heterocycles. The molecular formula is C9H16O. The van der Waals surface area contributed by atoms with Crippen LogP contribution >= 0.6 is 0 Å². The Labute approximate surface area is 62.8 Å². The van der Waals surface area contributed by atoms with E-state index in [1.54, 1.807) is 0 Å². The van der Waals surface area contributed by atoms with Crippen molar-refractivity contribution in [1.82, 2.24) is 0 Å². The van der Waals surface area contributed by atoms with Crippen LogP contribution < -0.4 is 0 Å². The highest BCUT2D eigenvalue weighted by molar-refractivity contribution is 5.05. The lowest BCUT2D eigenvalue weighted by atomic mass is 9.88. The van der Waals surface area contributed by atoms with Gasteiger partial charge < -0.3 is 4.74 Å². The van der Waals surface area contributed by atoms with Gasteiger partial charge in [-0.2, -0.15) is 0 Å². The van der Waals surface area contributed by atoms with Gasteiger partial charge in [-0.25, -0.2) is 0 Å². The van der Waals surface area contributed by atoms with E-state index in [4.69, 9.17) is 4.74 Å². The smallest absolute Gasteiger partial charge is 0.0604 e. The molecule has 0 radical (unpaired) electrons. The van der Waals surface area contributed by atoms with E-state index in [1.165, 1.54) is 25.7 Å². The van der Waals surface area contributed by atoms with E-state index in [0.717, 1.165) is 5.92 Å². The molecule has 0 aromatic rings. The minimum Gasteiger partial charge on any atom is -0.381 e. The molecule has 2 fully saturated rings. The van der Waals surface area contributed by atoms with Gasteiger partial charge in [-0.05, 0) is 30.6 Å². The highest BCUT2D eigenvalue weighted by Gasteiger charge is 2.55. The molecule has 0 N–H and O–H groups in total. The third-order valence-corrected chi connectivity index (χ3v) is 3.41. The van der Waals surface area contributed by atoms with Gasteiger partial charge in [-0.3, -0.25) is 0 Å². The molecule has 2 aliphatic carbocycles. The molecule has 1 heteroatoms. The lowest BCUT2D eigenvalue weighted by Crippen LogP contribution is -2.21. The first-order chi connectivity index (χ1) is 4.76. The first-order valence-corrected chi connectivity index (χ1v) is 4.29. The summed E-state index contributed by atoms with van der Waals surface area (Å²) >= 11 is 0. The number of hydrogen-bond acceptors (Lipinski definition) is 1. The fraction of sp³-hybridized carbons (Fsp3) is 1.00. The molecule has 0 amide bonds. The second-order valence-electron chi connectivity index (χ2n) is 4.13. The van der Waals surface area contributed by atoms with Gasteiger partial charge in [0.2, 0.25) is 0 Å². The van der Waals surface area contributed by atoms with Crippen molar-refractivity contribution < 1.29 is 4.74 Å². The summed E-state index contributed by atoms with van der Waals surface area (Å²) in [6, 6.07) is 0. The summed E-state index contributed by atoms with van der Waals surface area (Å²) in [6.07, 6.45) is 6.14. The highest BCUT2D eigenvalue weighted by Crippen LogP contribution is 2.61. The zero-order valence-electron chi connectivity index (χ0n) is 6.89. The number of fused-ring (bicyclic) bond motifs is 1. The first-order valence-electron chi connectivity index (χ1n) is 4.29. The minimum atomic E-state index is 0.596. The van der Waals surface area contributed by atoms with Crippen molar-refractivity contribution in [2.45, 2.75) is 38.7 Å². The van der Waals surface area contributed by atoms with Crippen molar-refractivity contribution >= 4 is 0 Å². The van der Waals surface area contributed by atoms with E-state index < -0.39 is 0 Å². The quantitative estimate of drug-likeness (QED) is 0.542. The Kier molecular flexibility index (Phi) is 1.31. The van der Waals surface area contributed by atoms with Gasteiger partial charge in [0.1, 0.15) is 0 Å². The van der Waals surface area contributed by atoms with Crippen molar-refractivity contribution in [3.8, 4) is 0 Å². The summed E-state index contributed by atoms with van der Waals surface area (Å²) in [7, 11) is 1.86. The van der Waals surface area contributed by atoms with Crippen LogP contribution in [0.5, 0.6) is 0 Å². The molecule has 2 aliphatic rings. The van der Waals surface area contributed by atoms with Crippen LogP contribution in [0.15, 0.2) is 0 Å². The molecule has 58 valence electrons. The molecule has 1 nitrogen and oxygen atoms in total. The molecule has 2 rings (SSSR count). The maximum absolute atomic E-state index is 5.41. The van der Waals surface area contributed by atoms with Gasteiger partial charge in [0.15, 0.2) is 0 Å². The summed E-state index contributed by atoms with van der Waals surface area (Å²) < 4.78 is 5.41. The number of methoxy groups -OCH3 is 1. The second kappa shape index (κ2) is 1.97. The lowest BCUT2D eigenvalue weighted by Gasteiger charge is -2.24. The van der Waals surface area contributed by atoms with E-state index in [9.17, 15) is 0 Å².